The molecule has 2 rings (SSSR count). The van der Waals surface area contributed by atoms with E-state index in [-0.39, 0.29) is 6.61 Å². The number of ether oxygens (including phenoxy) is 4. The summed E-state index contributed by atoms with van der Waals surface area (Å²) in [6, 6.07) is 12.2. The second kappa shape index (κ2) is 7.36. The Bertz CT molecular complexity index is 651. The first kappa shape index (κ1) is 15.7. The SMILES string of the molecule is COc1ccc(OC)c(COC(=O)c2ccccc2OC)c1. The van der Waals surface area contributed by atoms with Crippen LogP contribution < -0.4 is 14.2 Å². The number of methoxy groups -OCH3 is 3. The van der Waals surface area contributed by atoms with Crippen molar-refractivity contribution in [3.05, 3.63) is 53.6 Å². The lowest BCUT2D eigenvalue weighted by Gasteiger charge is -2.12. The van der Waals surface area contributed by atoms with Crippen LogP contribution in [0.4, 0.5) is 0 Å². The third-order valence-corrected chi connectivity index (χ3v) is 3.17. The summed E-state index contributed by atoms with van der Waals surface area (Å²) in [5.41, 5.74) is 1.11. The molecule has 0 aliphatic rings. The molecule has 0 heterocycles. The Hall–Kier alpha value is -2.69. The van der Waals surface area contributed by atoms with Crippen molar-refractivity contribution in [2.45, 2.75) is 6.61 Å². The molecule has 0 N–H and O–H groups in total. The summed E-state index contributed by atoms with van der Waals surface area (Å²) in [7, 11) is 4.65. The molecular weight excluding hydrogens is 284 g/mol. The van der Waals surface area contributed by atoms with Crippen LogP contribution in [0.2, 0.25) is 0 Å². The van der Waals surface area contributed by atoms with Gasteiger partial charge in [-0.1, -0.05) is 12.1 Å². The third-order valence-electron chi connectivity index (χ3n) is 3.17. The second-order valence-corrected chi connectivity index (χ2v) is 4.45. The molecule has 0 bridgehead atoms. The van der Waals surface area contributed by atoms with Crippen LogP contribution in [0.25, 0.3) is 0 Å². The van der Waals surface area contributed by atoms with E-state index < -0.39 is 5.97 Å². The Labute approximate surface area is 129 Å². The van der Waals surface area contributed by atoms with Crippen LogP contribution in [0.1, 0.15) is 15.9 Å². The maximum absolute atomic E-state index is 12.2. The normalized spacial score (nSPS) is 9.95. The van der Waals surface area contributed by atoms with Crippen LogP contribution in [0.15, 0.2) is 42.5 Å². The van der Waals surface area contributed by atoms with Gasteiger partial charge in [0, 0.05) is 5.56 Å². The molecule has 0 aromatic heterocycles. The van der Waals surface area contributed by atoms with Gasteiger partial charge in [-0.2, -0.15) is 0 Å². The molecule has 0 radical (unpaired) electrons. The van der Waals surface area contributed by atoms with Crippen LogP contribution in [-0.2, 0) is 11.3 Å². The van der Waals surface area contributed by atoms with Gasteiger partial charge in [0.2, 0.25) is 0 Å². The molecule has 2 aromatic rings. The summed E-state index contributed by atoms with van der Waals surface area (Å²) >= 11 is 0. The highest BCUT2D eigenvalue weighted by Crippen LogP contribution is 2.25. The smallest absolute Gasteiger partial charge is 0.342 e. The molecule has 22 heavy (non-hydrogen) atoms. The minimum absolute atomic E-state index is 0.0806. The molecule has 0 atom stereocenters. The van der Waals surface area contributed by atoms with Crippen LogP contribution in [0.3, 0.4) is 0 Å². The Morgan fingerprint density at radius 1 is 0.909 bits per heavy atom. The molecule has 0 unspecified atom stereocenters. The van der Waals surface area contributed by atoms with E-state index in [2.05, 4.69) is 0 Å². The van der Waals surface area contributed by atoms with E-state index in [0.29, 0.717) is 22.8 Å². The average Bonchev–Trinajstić information content (AvgIpc) is 2.59. The van der Waals surface area contributed by atoms with Gasteiger partial charge in [-0.05, 0) is 30.3 Å². The summed E-state index contributed by atoms with van der Waals surface area (Å²) in [5.74, 6) is 1.32. The average molecular weight is 302 g/mol. The minimum Gasteiger partial charge on any atom is -0.497 e. The zero-order valence-electron chi connectivity index (χ0n) is 12.8. The van der Waals surface area contributed by atoms with Gasteiger partial charge in [0.05, 0.1) is 21.3 Å². The first-order valence-electron chi connectivity index (χ1n) is 6.70. The predicted molar refractivity (Wildman–Crippen MR) is 81.7 cm³/mol. The fourth-order valence-electron chi connectivity index (χ4n) is 2.03. The van der Waals surface area contributed by atoms with Gasteiger partial charge in [-0.15, -0.1) is 0 Å². The predicted octanol–water partition coefficient (Wildman–Crippen LogP) is 3.07. The summed E-state index contributed by atoms with van der Waals surface area (Å²) < 4.78 is 20.9. The Kier molecular flexibility index (Phi) is 5.25. The van der Waals surface area contributed by atoms with Crippen LogP contribution in [-0.4, -0.2) is 27.3 Å². The number of carbonyl (C=O) groups excluding carboxylic acids is 1. The van der Waals surface area contributed by atoms with Crippen LogP contribution >= 0.6 is 0 Å². The second-order valence-electron chi connectivity index (χ2n) is 4.45. The number of hydrogen-bond acceptors (Lipinski definition) is 5. The number of esters is 1. The molecule has 0 aliphatic heterocycles. The molecule has 5 nitrogen and oxygen atoms in total. The van der Waals surface area contributed by atoms with Crippen LogP contribution in [0.5, 0.6) is 17.2 Å². The van der Waals surface area contributed by atoms with Crippen molar-refractivity contribution < 1.29 is 23.7 Å². The molecule has 0 fully saturated rings. The van der Waals surface area contributed by atoms with Crippen molar-refractivity contribution in [1.82, 2.24) is 0 Å². The lowest BCUT2D eigenvalue weighted by Crippen LogP contribution is -2.07. The Morgan fingerprint density at radius 2 is 1.64 bits per heavy atom. The zero-order valence-corrected chi connectivity index (χ0v) is 12.8. The van der Waals surface area contributed by atoms with Crippen molar-refractivity contribution in [1.29, 1.82) is 0 Å². The van der Waals surface area contributed by atoms with Crippen molar-refractivity contribution >= 4 is 5.97 Å². The standard InChI is InChI=1S/C17H18O5/c1-19-13-8-9-15(20-2)12(10-13)11-22-17(18)14-6-4-5-7-16(14)21-3/h4-10H,11H2,1-3H3. The van der Waals surface area contributed by atoms with E-state index in [1.807, 2.05) is 0 Å². The molecule has 0 saturated heterocycles. The van der Waals surface area contributed by atoms with Crippen molar-refractivity contribution in [2.75, 3.05) is 21.3 Å². The van der Waals surface area contributed by atoms with Crippen molar-refractivity contribution in [3.8, 4) is 17.2 Å². The van der Waals surface area contributed by atoms with E-state index in [9.17, 15) is 4.79 Å². The monoisotopic (exact) mass is 302 g/mol. The molecule has 0 aliphatic carbocycles. The van der Waals surface area contributed by atoms with Gasteiger partial charge in [0.15, 0.2) is 0 Å². The number of carbonyl (C=O) groups is 1. The fourth-order valence-corrected chi connectivity index (χ4v) is 2.03. The van der Waals surface area contributed by atoms with Crippen molar-refractivity contribution in [3.63, 3.8) is 0 Å². The Morgan fingerprint density at radius 3 is 2.32 bits per heavy atom. The van der Waals surface area contributed by atoms with E-state index >= 15 is 0 Å². The third kappa shape index (κ3) is 3.49. The van der Waals surface area contributed by atoms with Gasteiger partial charge in [-0.25, -0.2) is 4.79 Å². The number of rotatable bonds is 6. The van der Waals surface area contributed by atoms with Crippen LogP contribution in [0, 0.1) is 0 Å². The maximum atomic E-state index is 12.2. The molecule has 0 spiro atoms. The van der Waals surface area contributed by atoms with Gasteiger partial charge in [-0.3, -0.25) is 0 Å². The number of hydrogen-bond donors (Lipinski definition) is 0. The first-order chi connectivity index (χ1) is 10.7. The summed E-state index contributed by atoms with van der Waals surface area (Å²) in [6.07, 6.45) is 0. The molecule has 0 saturated carbocycles. The quantitative estimate of drug-likeness (QED) is 0.768. The zero-order chi connectivity index (χ0) is 15.9. The molecule has 0 amide bonds. The molecule has 5 heteroatoms. The lowest BCUT2D eigenvalue weighted by atomic mass is 10.2. The highest BCUT2D eigenvalue weighted by molar-refractivity contribution is 5.92. The molecule has 2 aromatic carbocycles. The van der Waals surface area contributed by atoms with Crippen molar-refractivity contribution in [2.24, 2.45) is 0 Å². The topological polar surface area (TPSA) is 54.0 Å². The largest absolute Gasteiger partial charge is 0.497 e. The number of benzene rings is 2. The van der Waals surface area contributed by atoms with E-state index in [4.69, 9.17) is 18.9 Å². The highest BCUT2D eigenvalue weighted by atomic mass is 16.5. The van der Waals surface area contributed by atoms with Gasteiger partial charge < -0.3 is 18.9 Å². The maximum Gasteiger partial charge on any atom is 0.342 e. The number of para-hydroxylation sites is 1. The summed E-state index contributed by atoms with van der Waals surface area (Å²) in [4.78, 5) is 12.2. The lowest BCUT2D eigenvalue weighted by molar-refractivity contribution is 0.0466. The summed E-state index contributed by atoms with van der Waals surface area (Å²) in [5, 5.41) is 0. The van der Waals surface area contributed by atoms with Gasteiger partial charge in [0.25, 0.3) is 0 Å². The molecule has 116 valence electrons. The highest BCUT2D eigenvalue weighted by Gasteiger charge is 2.14. The van der Waals surface area contributed by atoms with E-state index in [0.717, 1.165) is 5.56 Å². The summed E-state index contributed by atoms with van der Waals surface area (Å²) in [6.45, 7) is 0.0806. The minimum atomic E-state index is -0.456. The van der Waals surface area contributed by atoms with Gasteiger partial charge >= 0.3 is 5.97 Å². The molecular formula is C17H18O5. The van der Waals surface area contributed by atoms with Gasteiger partial charge in [0.1, 0.15) is 29.4 Å². The van der Waals surface area contributed by atoms with E-state index in [1.165, 1.54) is 7.11 Å². The first-order valence-corrected chi connectivity index (χ1v) is 6.70. The fraction of sp³-hybridized carbons (Fsp3) is 0.235. The van der Waals surface area contributed by atoms with E-state index in [1.54, 1.807) is 56.7 Å². The Balaban J connectivity index is 2.14.